The second-order valence-corrected chi connectivity index (χ2v) is 3.19. The lowest BCUT2D eigenvalue weighted by Gasteiger charge is -2.08. The molecule has 2 nitrogen and oxygen atoms in total. The number of Topliss-reactive ketones (excluding diaryl/α,β-unsaturated/α-hetero) is 1. The van der Waals surface area contributed by atoms with E-state index in [1.165, 1.54) is 0 Å². The number of hydrogen-bond donors (Lipinski definition) is 0. The molecule has 0 aromatic heterocycles. The molecular weight excluding hydrogens is 138 g/mol. The fourth-order valence-corrected chi connectivity index (χ4v) is 1.05. The third-order valence-electron chi connectivity index (χ3n) is 1.56. The molecule has 0 atom stereocenters. The molecule has 1 aliphatic rings. The lowest BCUT2D eigenvalue weighted by Crippen LogP contribution is -2.17. The van der Waals surface area contributed by atoms with Gasteiger partial charge in [-0.2, -0.15) is 0 Å². The average molecular weight is 151 g/mol. The van der Waals surface area contributed by atoms with Crippen molar-refractivity contribution in [3.63, 3.8) is 0 Å². The molecule has 1 rings (SSSR count). The van der Waals surface area contributed by atoms with Gasteiger partial charge in [-0.3, -0.25) is 9.79 Å². The fraction of sp³-hybridized carbons (Fsp3) is 0.556. The quantitative estimate of drug-likeness (QED) is 0.593. The zero-order chi connectivity index (χ0) is 8.27. The van der Waals surface area contributed by atoms with E-state index in [9.17, 15) is 4.79 Å². The lowest BCUT2D eigenvalue weighted by molar-refractivity contribution is -0.112. The van der Waals surface area contributed by atoms with E-state index in [0.29, 0.717) is 12.3 Å². The van der Waals surface area contributed by atoms with E-state index in [-0.39, 0.29) is 5.78 Å². The van der Waals surface area contributed by atoms with Crippen molar-refractivity contribution in [3.8, 4) is 0 Å². The van der Waals surface area contributed by atoms with Gasteiger partial charge in [-0.1, -0.05) is 19.9 Å². The Bertz CT molecular complexity index is 214. The van der Waals surface area contributed by atoms with Gasteiger partial charge in [0.25, 0.3) is 0 Å². The Morgan fingerprint density at radius 1 is 1.64 bits per heavy atom. The number of carbonyl (C=O) groups is 1. The van der Waals surface area contributed by atoms with Crippen LogP contribution in [0.15, 0.2) is 17.3 Å². The molecule has 0 N–H and O–H groups in total. The van der Waals surface area contributed by atoms with E-state index in [4.69, 9.17) is 0 Å². The standard InChI is InChI=1S/C9H13NO/c1-7(2)6-8-9(11)4-3-5-10-8/h3,5,7H,4,6H2,1-2H3. The maximum atomic E-state index is 11.1. The predicted molar refractivity (Wildman–Crippen MR) is 45.7 cm³/mol. The minimum absolute atomic E-state index is 0.182. The molecule has 0 radical (unpaired) electrons. The topological polar surface area (TPSA) is 29.4 Å². The number of hydrogen-bond acceptors (Lipinski definition) is 2. The summed E-state index contributed by atoms with van der Waals surface area (Å²) < 4.78 is 0. The van der Waals surface area contributed by atoms with Crippen LogP contribution in [0.25, 0.3) is 0 Å². The Kier molecular flexibility index (Phi) is 2.58. The van der Waals surface area contributed by atoms with Crippen LogP contribution in [0.1, 0.15) is 26.7 Å². The van der Waals surface area contributed by atoms with Gasteiger partial charge in [0.2, 0.25) is 0 Å². The molecule has 0 aromatic carbocycles. The van der Waals surface area contributed by atoms with Gasteiger partial charge in [0.15, 0.2) is 5.78 Å². The SMILES string of the molecule is CC(C)CC1=NC=CCC1=O. The highest BCUT2D eigenvalue weighted by atomic mass is 16.1. The second kappa shape index (κ2) is 3.46. The summed E-state index contributed by atoms with van der Waals surface area (Å²) in [5.41, 5.74) is 0.738. The smallest absolute Gasteiger partial charge is 0.180 e. The summed E-state index contributed by atoms with van der Waals surface area (Å²) in [5, 5.41) is 0. The molecule has 0 aliphatic carbocycles. The first-order valence-electron chi connectivity index (χ1n) is 3.95. The largest absolute Gasteiger partial charge is 0.292 e. The summed E-state index contributed by atoms with van der Waals surface area (Å²) in [7, 11) is 0. The molecular formula is C9H13NO. The molecule has 1 aliphatic heterocycles. The minimum atomic E-state index is 0.182. The van der Waals surface area contributed by atoms with E-state index in [1.54, 1.807) is 12.3 Å². The van der Waals surface area contributed by atoms with Crippen LogP contribution in [-0.2, 0) is 4.79 Å². The Morgan fingerprint density at radius 3 is 2.91 bits per heavy atom. The number of allylic oxidation sites excluding steroid dienone is 1. The molecule has 1 heterocycles. The average Bonchev–Trinajstić information content (AvgIpc) is 1.93. The van der Waals surface area contributed by atoms with Crippen molar-refractivity contribution in [3.05, 3.63) is 12.3 Å². The molecule has 0 saturated heterocycles. The van der Waals surface area contributed by atoms with E-state index in [1.807, 2.05) is 0 Å². The van der Waals surface area contributed by atoms with Crippen LogP contribution in [0.5, 0.6) is 0 Å². The van der Waals surface area contributed by atoms with Crippen molar-refractivity contribution in [1.29, 1.82) is 0 Å². The van der Waals surface area contributed by atoms with Crippen LogP contribution < -0.4 is 0 Å². The first-order chi connectivity index (χ1) is 5.20. The maximum Gasteiger partial charge on any atom is 0.180 e. The predicted octanol–water partition coefficient (Wildman–Crippen LogP) is 1.96. The van der Waals surface area contributed by atoms with Crippen LogP contribution >= 0.6 is 0 Å². The van der Waals surface area contributed by atoms with Crippen molar-refractivity contribution in [2.75, 3.05) is 0 Å². The van der Waals surface area contributed by atoms with Gasteiger partial charge in [0, 0.05) is 12.6 Å². The van der Waals surface area contributed by atoms with Crippen molar-refractivity contribution >= 4 is 11.5 Å². The van der Waals surface area contributed by atoms with Crippen LogP contribution in [0.2, 0.25) is 0 Å². The molecule has 0 bridgehead atoms. The Hall–Kier alpha value is -0.920. The van der Waals surface area contributed by atoms with Crippen molar-refractivity contribution < 1.29 is 4.79 Å². The van der Waals surface area contributed by atoms with Gasteiger partial charge in [-0.15, -0.1) is 0 Å². The van der Waals surface area contributed by atoms with Crippen molar-refractivity contribution in [2.24, 2.45) is 10.9 Å². The normalized spacial score (nSPS) is 17.4. The summed E-state index contributed by atoms with van der Waals surface area (Å²) >= 11 is 0. The molecule has 0 saturated carbocycles. The monoisotopic (exact) mass is 151 g/mol. The second-order valence-electron chi connectivity index (χ2n) is 3.19. The highest BCUT2D eigenvalue weighted by Gasteiger charge is 2.12. The molecule has 2 heteroatoms. The van der Waals surface area contributed by atoms with E-state index >= 15 is 0 Å². The maximum absolute atomic E-state index is 11.1. The molecule has 11 heavy (non-hydrogen) atoms. The zero-order valence-corrected chi connectivity index (χ0v) is 7.00. The molecule has 0 spiro atoms. The number of ketones is 1. The third-order valence-corrected chi connectivity index (χ3v) is 1.56. The van der Waals surface area contributed by atoms with Crippen LogP contribution in [0.4, 0.5) is 0 Å². The van der Waals surface area contributed by atoms with Gasteiger partial charge in [-0.25, -0.2) is 0 Å². The first kappa shape index (κ1) is 8.18. The lowest BCUT2D eigenvalue weighted by atomic mass is 10.0. The minimum Gasteiger partial charge on any atom is -0.292 e. The highest BCUT2D eigenvalue weighted by Crippen LogP contribution is 2.08. The Morgan fingerprint density at radius 2 is 2.36 bits per heavy atom. The number of rotatable bonds is 2. The molecule has 0 unspecified atom stereocenters. The van der Waals surface area contributed by atoms with Gasteiger partial charge < -0.3 is 0 Å². The number of nitrogens with zero attached hydrogens (tertiary/aromatic N) is 1. The van der Waals surface area contributed by atoms with Gasteiger partial charge in [0.05, 0.1) is 5.71 Å². The van der Waals surface area contributed by atoms with Crippen LogP contribution in [0.3, 0.4) is 0 Å². The summed E-state index contributed by atoms with van der Waals surface area (Å²) in [4.78, 5) is 15.2. The van der Waals surface area contributed by atoms with E-state index in [2.05, 4.69) is 18.8 Å². The third kappa shape index (κ3) is 2.30. The number of aliphatic imine (C=N–C) groups is 1. The van der Waals surface area contributed by atoms with Crippen molar-refractivity contribution in [1.82, 2.24) is 0 Å². The summed E-state index contributed by atoms with van der Waals surface area (Å²) in [6, 6.07) is 0. The zero-order valence-electron chi connectivity index (χ0n) is 7.00. The summed E-state index contributed by atoms with van der Waals surface area (Å²) in [6.07, 6.45) is 4.86. The van der Waals surface area contributed by atoms with Gasteiger partial charge in [-0.05, 0) is 12.3 Å². The van der Waals surface area contributed by atoms with Gasteiger partial charge >= 0.3 is 0 Å². The van der Waals surface area contributed by atoms with E-state index < -0.39 is 0 Å². The molecule has 0 amide bonds. The first-order valence-corrected chi connectivity index (χ1v) is 3.95. The highest BCUT2D eigenvalue weighted by molar-refractivity contribution is 6.40. The Labute approximate surface area is 67.0 Å². The fourth-order valence-electron chi connectivity index (χ4n) is 1.05. The van der Waals surface area contributed by atoms with Crippen LogP contribution in [0, 0.1) is 5.92 Å². The molecule has 0 aromatic rings. The van der Waals surface area contributed by atoms with Crippen LogP contribution in [-0.4, -0.2) is 11.5 Å². The van der Waals surface area contributed by atoms with Gasteiger partial charge in [0.1, 0.15) is 0 Å². The number of carbonyl (C=O) groups excluding carboxylic acids is 1. The molecule has 0 fully saturated rings. The molecule has 60 valence electrons. The van der Waals surface area contributed by atoms with Crippen molar-refractivity contribution in [2.45, 2.75) is 26.7 Å². The summed E-state index contributed by atoms with van der Waals surface area (Å²) in [6.45, 7) is 4.18. The Balaban J connectivity index is 2.61. The summed E-state index contributed by atoms with van der Waals surface area (Å²) in [5.74, 6) is 0.699. The van der Waals surface area contributed by atoms with E-state index in [0.717, 1.165) is 12.1 Å².